The van der Waals surface area contributed by atoms with Crippen LogP contribution in [0.3, 0.4) is 0 Å². The Labute approximate surface area is 99.0 Å². The number of carboxylic acid groups (broad SMARTS) is 1. The molecule has 3 N–H and O–H groups in total. The highest BCUT2D eigenvalue weighted by molar-refractivity contribution is 5.98. The maximum absolute atomic E-state index is 11.9. The van der Waals surface area contributed by atoms with Crippen LogP contribution in [0.2, 0.25) is 0 Å². The van der Waals surface area contributed by atoms with Gasteiger partial charge in [-0.05, 0) is 19.4 Å². The van der Waals surface area contributed by atoms with Gasteiger partial charge in [0.05, 0.1) is 12.2 Å². The second-order valence-corrected chi connectivity index (χ2v) is 4.08. The number of rotatable bonds is 5. The molecule has 17 heavy (non-hydrogen) atoms. The normalized spacial score (nSPS) is 14.1. The highest BCUT2D eigenvalue weighted by atomic mass is 16.5. The molecule has 1 rings (SSSR count). The maximum Gasteiger partial charge on any atom is 0.331 e. The van der Waals surface area contributed by atoms with E-state index in [1.807, 2.05) is 0 Å². The fourth-order valence-corrected chi connectivity index (χ4v) is 1.44. The number of aromatic amines is 1. The molecule has 0 bridgehead atoms. The van der Waals surface area contributed by atoms with Gasteiger partial charge in [0.15, 0.2) is 5.54 Å². The summed E-state index contributed by atoms with van der Waals surface area (Å²) in [7, 11) is 1.38. The van der Waals surface area contributed by atoms with Gasteiger partial charge in [0.1, 0.15) is 0 Å². The number of hydrogen-bond acceptors (Lipinski definition) is 3. The fraction of sp³-hybridized carbons (Fsp3) is 0.455. The molecule has 1 amide bonds. The minimum atomic E-state index is -1.43. The van der Waals surface area contributed by atoms with Gasteiger partial charge >= 0.3 is 5.97 Å². The molecule has 1 aromatic heterocycles. The first-order chi connectivity index (χ1) is 7.90. The van der Waals surface area contributed by atoms with Crippen LogP contribution in [-0.4, -0.2) is 41.2 Å². The van der Waals surface area contributed by atoms with Crippen molar-refractivity contribution in [2.45, 2.75) is 19.4 Å². The Morgan fingerprint density at radius 3 is 2.59 bits per heavy atom. The molecule has 0 saturated carbocycles. The van der Waals surface area contributed by atoms with E-state index in [4.69, 9.17) is 9.84 Å². The van der Waals surface area contributed by atoms with Crippen LogP contribution < -0.4 is 5.32 Å². The molecule has 94 valence electrons. The molecule has 0 aliphatic carbocycles. The van der Waals surface area contributed by atoms with Crippen LogP contribution >= 0.6 is 0 Å². The van der Waals surface area contributed by atoms with Crippen molar-refractivity contribution in [3.63, 3.8) is 0 Å². The lowest BCUT2D eigenvalue weighted by atomic mass is 10.0. The number of carbonyl (C=O) groups excluding carboxylic acids is 1. The first-order valence-electron chi connectivity index (χ1n) is 5.09. The molecule has 1 unspecified atom stereocenters. The molecule has 0 saturated heterocycles. The van der Waals surface area contributed by atoms with Crippen molar-refractivity contribution in [3.05, 3.63) is 23.5 Å². The predicted molar refractivity (Wildman–Crippen MR) is 60.9 cm³/mol. The average molecular weight is 240 g/mol. The molecule has 0 aromatic carbocycles. The molecule has 0 fully saturated rings. The van der Waals surface area contributed by atoms with E-state index < -0.39 is 17.4 Å². The first kappa shape index (κ1) is 13.2. The molecule has 6 heteroatoms. The summed E-state index contributed by atoms with van der Waals surface area (Å²) in [6, 6.07) is 0. The van der Waals surface area contributed by atoms with E-state index in [1.54, 1.807) is 13.1 Å². The summed E-state index contributed by atoms with van der Waals surface area (Å²) in [5.41, 5.74) is -0.253. The van der Waals surface area contributed by atoms with Gasteiger partial charge in [0, 0.05) is 19.5 Å². The number of amides is 1. The lowest BCUT2D eigenvalue weighted by Gasteiger charge is -2.25. The van der Waals surface area contributed by atoms with Crippen LogP contribution in [-0.2, 0) is 9.53 Å². The predicted octanol–water partition coefficient (Wildman–Crippen LogP) is 0.543. The quantitative estimate of drug-likeness (QED) is 0.700. The van der Waals surface area contributed by atoms with Crippen molar-refractivity contribution in [3.8, 4) is 0 Å². The summed E-state index contributed by atoms with van der Waals surface area (Å²) >= 11 is 0. The van der Waals surface area contributed by atoms with E-state index in [0.29, 0.717) is 5.56 Å². The molecule has 0 aliphatic heterocycles. The number of ether oxygens (including phenoxy) is 1. The zero-order valence-corrected chi connectivity index (χ0v) is 10.0. The third-order valence-corrected chi connectivity index (χ3v) is 2.49. The molecule has 1 atom stereocenters. The van der Waals surface area contributed by atoms with Crippen LogP contribution in [0.5, 0.6) is 0 Å². The lowest BCUT2D eigenvalue weighted by molar-refractivity contribution is -0.145. The zero-order chi connectivity index (χ0) is 13.1. The van der Waals surface area contributed by atoms with Crippen molar-refractivity contribution in [2.24, 2.45) is 0 Å². The Kier molecular flexibility index (Phi) is 3.90. The molecule has 0 aliphatic rings. The molecular weight excluding hydrogens is 224 g/mol. The van der Waals surface area contributed by atoms with Gasteiger partial charge in [-0.2, -0.15) is 0 Å². The summed E-state index contributed by atoms with van der Waals surface area (Å²) in [4.78, 5) is 25.8. The molecular formula is C11H16N2O4. The van der Waals surface area contributed by atoms with Gasteiger partial charge in [-0.15, -0.1) is 0 Å². The monoisotopic (exact) mass is 240 g/mol. The molecule has 1 heterocycles. The summed E-state index contributed by atoms with van der Waals surface area (Å²) in [6.45, 7) is 3.07. The summed E-state index contributed by atoms with van der Waals surface area (Å²) in [5.74, 6) is -1.58. The first-order valence-corrected chi connectivity index (χ1v) is 5.09. The van der Waals surface area contributed by atoms with Crippen molar-refractivity contribution in [1.29, 1.82) is 0 Å². The number of aromatic nitrogens is 1. The largest absolute Gasteiger partial charge is 0.479 e. The van der Waals surface area contributed by atoms with Crippen molar-refractivity contribution >= 4 is 11.9 Å². The number of aryl methyl sites for hydroxylation is 1. The zero-order valence-electron chi connectivity index (χ0n) is 10.0. The maximum atomic E-state index is 11.9. The van der Waals surface area contributed by atoms with Gasteiger partial charge in [-0.25, -0.2) is 4.79 Å². The molecule has 1 aromatic rings. The number of methoxy groups -OCH3 is 1. The van der Waals surface area contributed by atoms with Crippen molar-refractivity contribution < 1.29 is 19.4 Å². The van der Waals surface area contributed by atoms with Gasteiger partial charge in [-0.3, -0.25) is 4.79 Å². The number of carbonyl (C=O) groups is 2. The number of H-pyrrole nitrogens is 1. The van der Waals surface area contributed by atoms with Gasteiger partial charge in [-0.1, -0.05) is 0 Å². The van der Waals surface area contributed by atoms with Crippen LogP contribution in [0.15, 0.2) is 12.4 Å². The molecule has 6 nitrogen and oxygen atoms in total. The second-order valence-electron chi connectivity index (χ2n) is 4.08. The number of carboxylic acids is 1. The van der Waals surface area contributed by atoms with Crippen molar-refractivity contribution in [1.82, 2.24) is 10.3 Å². The van der Waals surface area contributed by atoms with Gasteiger partial charge in [0.2, 0.25) is 0 Å². The minimum absolute atomic E-state index is 0.0997. The van der Waals surface area contributed by atoms with E-state index in [0.717, 1.165) is 5.56 Å². The third kappa shape index (κ3) is 2.85. The van der Waals surface area contributed by atoms with E-state index in [2.05, 4.69) is 10.3 Å². The summed E-state index contributed by atoms with van der Waals surface area (Å²) in [5, 5.41) is 11.5. The Hall–Kier alpha value is -1.82. The second kappa shape index (κ2) is 5.01. The highest BCUT2D eigenvalue weighted by Gasteiger charge is 2.35. The average Bonchev–Trinajstić information content (AvgIpc) is 2.64. The van der Waals surface area contributed by atoms with Crippen LogP contribution in [0.4, 0.5) is 0 Å². The lowest BCUT2D eigenvalue weighted by Crippen LogP contribution is -2.55. The Morgan fingerprint density at radius 1 is 1.53 bits per heavy atom. The minimum Gasteiger partial charge on any atom is -0.479 e. The Bertz CT molecular complexity index is 427. The summed E-state index contributed by atoms with van der Waals surface area (Å²) < 4.78 is 4.81. The molecule has 0 spiro atoms. The topological polar surface area (TPSA) is 91.4 Å². The van der Waals surface area contributed by atoms with E-state index in [-0.39, 0.29) is 6.61 Å². The van der Waals surface area contributed by atoms with Crippen LogP contribution in [0.1, 0.15) is 22.8 Å². The summed E-state index contributed by atoms with van der Waals surface area (Å²) in [6.07, 6.45) is 3.20. The van der Waals surface area contributed by atoms with Crippen LogP contribution in [0.25, 0.3) is 0 Å². The van der Waals surface area contributed by atoms with E-state index >= 15 is 0 Å². The SMILES string of the molecule is COCC(C)(NC(=O)c1c[nH]cc1C)C(=O)O. The van der Waals surface area contributed by atoms with E-state index in [1.165, 1.54) is 20.2 Å². The van der Waals surface area contributed by atoms with Gasteiger partial charge < -0.3 is 20.1 Å². The van der Waals surface area contributed by atoms with Crippen molar-refractivity contribution in [2.75, 3.05) is 13.7 Å². The highest BCUT2D eigenvalue weighted by Crippen LogP contribution is 2.10. The third-order valence-electron chi connectivity index (χ3n) is 2.49. The number of nitrogens with one attached hydrogen (secondary N) is 2. The van der Waals surface area contributed by atoms with Gasteiger partial charge in [0.25, 0.3) is 5.91 Å². The molecule has 0 radical (unpaired) electrons. The van der Waals surface area contributed by atoms with E-state index in [9.17, 15) is 9.59 Å². The fourth-order valence-electron chi connectivity index (χ4n) is 1.44. The standard InChI is InChI=1S/C11H16N2O4/c1-7-4-12-5-8(7)9(14)13-11(2,6-17-3)10(15)16/h4-5,12H,6H2,1-3H3,(H,13,14)(H,15,16). The van der Waals surface area contributed by atoms with Crippen LogP contribution in [0, 0.1) is 6.92 Å². The number of hydrogen-bond donors (Lipinski definition) is 3. The number of aliphatic carboxylic acids is 1. The smallest absolute Gasteiger partial charge is 0.331 e. The Morgan fingerprint density at radius 2 is 2.18 bits per heavy atom. The Balaban J connectivity index is 2.85.